The lowest BCUT2D eigenvalue weighted by Gasteiger charge is -1.95. The Kier molecular flexibility index (Phi) is 3.71. The molecule has 0 N–H and O–H groups in total. The van der Waals surface area contributed by atoms with E-state index in [1.807, 2.05) is 0 Å². The molecule has 0 aliphatic heterocycles. The summed E-state index contributed by atoms with van der Waals surface area (Å²) in [6.07, 6.45) is 0. The molecule has 0 amide bonds. The fourth-order valence-corrected chi connectivity index (χ4v) is 4.59. The highest BCUT2D eigenvalue weighted by Crippen LogP contribution is 2.27. The van der Waals surface area contributed by atoms with E-state index >= 15 is 0 Å². The van der Waals surface area contributed by atoms with Gasteiger partial charge in [0.2, 0.25) is 9.84 Å². The molecular formula is C8H7ClO2S3. The van der Waals surface area contributed by atoms with Gasteiger partial charge in [0.25, 0.3) is 0 Å². The lowest BCUT2D eigenvalue weighted by atomic mass is 10.7. The average Bonchev–Trinajstić information content (AvgIpc) is 2.78. The molecule has 2 aromatic rings. The molecule has 0 spiro atoms. The molecule has 0 unspecified atom stereocenters. The fourth-order valence-electron chi connectivity index (χ4n) is 0.932. The van der Waals surface area contributed by atoms with Gasteiger partial charge in [-0.25, -0.2) is 8.42 Å². The Hall–Kier alpha value is -0.360. The molecule has 2 rings (SSSR count). The van der Waals surface area contributed by atoms with Crippen LogP contribution in [0.15, 0.2) is 43.4 Å². The van der Waals surface area contributed by atoms with Gasteiger partial charge in [-0.2, -0.15) is 0 Å². The lowest BCUT2D eigenvalue weighted by Crippen LogP contribution is -1.95. The van der Waals surface area contributed by atoms with Crippen molar-refractivity contribution >= 4 is 44.9 Å². The van der Waals surface area contributed by atoms with E-state index in [0.29, 0.717) is 8.42 Å². The molecule has 0 aliphatic carbocycles. The molecule has 2 heterocycles. The summed E-state index contributed by atoms with van der Waals surface area (Å²) in [7, 11) is -3.22. The number of hydrogen-bond acceptors (Lipinski definition) is 4. The molecule has 0 aromatic carbocycles. The zero-order chi connectivity index (χ0) is 9.31. The zero-order valence-corrected chi connectivity index (χ0v) is 10.2. The smallest absolute Gasteiger partial charge is 0.217 e. The minimum atomic E-state index is -3.22. The minimum absolute atomic E-state index is 0. The van der Waals surface area contributed by atoms with E-state index in [4.69, 9.17) is 0 Å². The lowest BCUT2D eigenvalue weighted by molar-refractivity contribution is 0.600. The molecule has 0 atom stereocenters. The minimum Gasteiger partial charge on any atom is -0.217 e. The summed E-state index contributed by atoms with van der Waals surface area (Å²) >= 11 is 2.49. The third-order valence-corrected chi connectivity index (χ3v) is 6.07. The van der Waals surface area contributed by atoms with E-state index in [1.54, 1.807) is 35.0 Å². The van der Waals surface area contributed by atoms with Crippen molar-refractivity contribution in [1.29, 1.82) is 0 Å². The SMILES string of the molecule is Cl.O=S(=O)(c1cccs1)c1cccs1. The van der Waals surface area contributed by atoms with E-state index in [9.17, 15) is 8.42 Å². The summed E-state index contributed by atoms with van der Waals surface area (Å²) < 4.78 is 24.4. The predicted molar refractivity (Wildman–Crippen MR) is 61.3 cm³/mol. The van der Waals surface area contributed by atoms with Crippen molar-refractivity contribution in [3.63, 3.8) is 0 Å². The fraction of sp³-hybridized carbons (Fsp3) is 0. The van der Waals surface area contributed by atoms with Crippen LogP contribution in [-0.2, 0) is 9.84 Å². The van der Waals surface area contributed by atoms with Gasteiger partial charge in [0.15, 0.2) is 0 Å². The van der Waals surface area contributed by atoms with Gasteiger partial charge in [-0.3, -0.25) is 0 Å². The van der Waals surface area contributed by atoms with Crippen LogP contribution < -0.4 is 0 Å². The van der Waals surface area contributed by atoms with Crippen LogP contribution in [0.2, 0.25) is 0 Å². The average molecular weight is 267 g/mol. The summed E-state index contributed by atoms with van der Waals surface area (Å²) in [5.74, 6) is 0. The Labute approximate surface area is 96.5 Å². The van der Waals surface area contributed by atoms with Crippen molar-refractivity contribution in [3.05, 3.63) is 35.0 Å². The van der Waals surface area contributed by atoms with Gasteiger partial charge in [0.1, 0.15) is 8.42 Å². The molecule has 2 nitrogen and oxygen atoms in total. The number of hydrogen-bond donors (Lipinski definition) is 0. The first-order valence-electron chi connectivity index (χ1n) is 3.53. The number of sulfone groups is 1. The molecule has 76 valence electrons. The largest absolute Gasteiger partial charge is 0.225 e. The van der Waals surface area contributed by atoms with Gasteiger partial charge < -0.3 is 0 Å². The molecule has 0 radical (unpaired) electrons. The van der Waals surface area contributed by atoms with Gasteiger partial charge in [0.05, 0.1) is 0 Å². The van der Waals surface area contributed by atoms with Gasteiger partial charge in [-0.1, -0.05) is 12.1 Å². The number of halogens is 1. The Morgan fingerprint density at radius 3 is 1.64 bits per heavy atom. The summed E-state index contributed by atoms with van der Waals surface area (Å²) in [6.45, 7) is 0. The first-order chi connectivity index (χ1) is 6.21. The third-order valence-electron chi connectivity index (χ3n) is 1.52. The maximum atomic E-state index is 11.8. The second kappa shape index (κ2) is 4.44. The van der Waals surface area contributed by atoms with Crippen molar-refractivity contribution in [2.24, 2.45) is 0 Å². The monoisotopic (exact) mass is 266 g/mol. The van der Waals surface area contributed by atoms with E-state index in [0.717, 1.165) is 0 Å². The van der Waals surface area contributed by atoms with Gasteiger partial charge in [-0.15, -0.1) is 35.1 Å². The first-order valence-corrected chi connectivity index (χ1v) is 6.77. The van der Waals surface area contributed by atoms with E-state index in [2.05, 4.69) is 0 Å². The second-order valence-electron chi connectivity index (χ2n) is 2.37. The Bertz CT molecular complexity index is 430. The van der Waals surface area contributed by atoms with E-state index < -0.39 is 9.84 Å². The molecule has 0 saturated carbocycles. The summed E-state index contributed by atoms with van der Waals surface area (Å²) in [6, 6.07) is 6.73. The Morgan fingerprint density at radius 2 is 1.36 bits per heavy atom. The number of rotatable bonds is 2. The van der Waals surface area contributed by atoms with E-state index in [-0.39, 0.29) is 12.4 Å². The molecule has 0 saturated heterocycles. The molecule has 0 fully saturated rings. The highest BCUT2D eigenvalue weighted by atomic mass is 35.5. The van der Waals surface area contributed by atoms with Crippen molar-refractivity contribution < 1.29 is 8.42 Å². The summed E-state index contributed by atoms with van der Waals surface area (Å²) in [5, 5.41) is 3.53. The van der Waals surface area contributed by atoms with Crippen LogP contribution in [0.5, 0.6) is 0 Å². The highest BCUT2D eigenvalue weighted by molar-refractivity contribution is 7.95. The molecule has 14 heavy (non-hydrogen) atoms. The summed E-state index contributed by atoms with van der Waals surface area (Å²) in [5.41, 5.74) is 0. The van der Waals surface area contributed by atoms with Crippen molar-refractivity contribution in [3.8, 4) is 0 Å². The van der Waals surface area contributed by atoms with Crippen molar-refractivity contribution in [2.75, 3.05) is 0 Å². The molecule has 0 aliphatic rings. The van der Waals surface area contributed by atoms with Gasteiger partial charge in [0, 0.05) is 0 Å². The first kappa shape index (κ1) is 11.7. The molecule has 2 aromatic heterocycles. The second-order valence-corrected chi connectivity index (χ2v) is 6.67. The van der Waals surface area contributed by atoms with Gasteiger partial charge >= 0.3 is 0 Å². The van der Waals surface area contributed by atoms with Crippen LogP contribution in [-0.4, -0.2) is 8.42 Å². The van der Waals surface area contributed by atoms with Crippen molar-refractivity contribution in [2.45, 2.75) is 8.42 Å². The van der Waals surface area contributed by atoms with Crippen LogP contribution in [0.3, 0.4) is 0 Å². The normalized spacial score (nSPS) is 10.9. The van der Waals surface area contributed by atoms with Crippen LogP contribution >= 0.6 is 35.1 Å². The topological polar surface area (TPSA) is 34.1 Å². The van der Waals surface area contributed by atoms with Crippen LogP contribution in [0.4, 0.5) is 0 Å². The molecule has 6 heteroatoms. The van der Waals surface area contributed by atoms with Crippen molar-refractivity contribution in [1.82, 2.24) is 0 Å². The Morgan fingerprint density at radius 1 is 0.929 bits per heavy atom. The third kappa shape index (κ3) is 2.00. The van der Waals surface area contributed by atoms with E-state index in [1.165, 1.54) is 22.7 Å². The van der Waals surface area contributed by atoms with Crippen LogP contribution in [0.1, 0.15) is 0 Å². The number of thiophene rings is 2. The zero-order valence-electron chi connectivity index (χ0n) is 6.91. The standard InChI is InChI=1S/C8H6O2S3.ClH/c9-13(10,7-3-1-5-11-7)8-4-2-6-12-8;/h1-6H;1H. The van der Waals surface area contributed by atoms with Gasteiger partial charge in [-0.05, 0) is 22.9 Å². The molecule has 0 bridgehead atoms. The van der Waals surface area contributed by atoms with Crippen LogP contribution in [0.25, 0.3) is 0 Å². The van der Waals surface area contributed by atoms with Crippen LogP contribution in [0, 0.1) is 0 Å². The summed E-state index contributed by atoms with van der Waals surface area (Å²) in [4.78, 5) is 0. The Balaban J connectivity index is 0.000000980. The predicted octanol–water partition coefficient (Wildman–Crippen LogP) is 3.06. The quantitative estimate of drug-likeness (QED) is 0.837. The molecular weight excluding hydrogens is 260 g/mol. The maximum Gasteiger partial charge on any atom is 0.225 e. The maximum absolute atomic E-state index is 11.8. The highest BCUT2D eigenvalue weighted by Gasteiger charge is 2.18.